The van der Waals surface area contributed by atoms with Gasteiger partial charge in [-0.15, -0.1) is 0 Å². The van der Waals surface area contributed by atoms with Crippen molar-refractivity contribution in [3.8, 4) is 11.3 Å². The van der Waals surface area contributed by atoms with Crippen LogP contribution in [0.2, 0.25) is 0 Å². The third-order valence-corrected chi connectivity index (χ3v) is 5.89. The number of aryl methyl sites for hydroxylation is 2. The highest BCUT2D eigenvalue weighted by atomic mass is 19.4. The van der Waals surface area contributed by atoms with Crippen LogP contribution in [-0.2, 0) is 13.2 Å². The molecule has 1 amide bonds. The lowest BCUT2D eigenvalue weighted by atomic mass is 10.1. The summed E-state index contributed by atoms with van der Waals surface area (Å²) in [5, 5.41) is 6.12. The number of halogens is 4. The second kappa shape index (κ2) is 9.71. The van der Waals surface area contributed by atoms with Crippen molar-refractivity contribution in [2.24, 2.45) is 7.05 Å². The number of benzene rings is 3. The molecule has 39 heavy (non-hydrogen) atoms. The summed E-state index contributed by atoms with van der Waals surface area (Å²) in [5.41, 5.74) is 2.20. The number of hydrogen-bond acceptors (Lipinski definition) is 6. The first-order valence-corrected chi connectivity index (χ1v) is 11.5. The largest absolute Gasteiger partial charge is 0.468 e. The Morgan fingerprint density at radius 2 is 1.72 bits per heavy atom. The molecule has 0 radical (unpaired) electrons. The highest BCUT2D eigenvalue weighted by Gasteiger charge is 2.40. The summed E-state index contributed by atoms with van der Waals surface area (Å²) in [7, 11) is 1.60. The van der Waals surface area contributed by atoms with Gasteiger partial charge >= 0.3 is 12.1 Å². The van der Waals surface area contributed by atoms with Gasteiger partial charge in [0.2, 0.25) is 5.76 Å². The molecule has 0 aliphatic heterocycles. The van der Waals surface area contributed by atoms with E-state index in [0.717, 1.165) is 17.7 Å². The number of nitrogens with zero attached hydrogens (tertiary/aromatic N) is 3. The minimum absolute atomic E-state index is 0.0731. The molecule has 0 fully saturated rings. The topological polar surface area (TPSA) is 102 Å². The van der Waals surface area contributed by atoms with Crippen molar-refractivity contribution in [1.29, 1.82) is 0 Å². The van der Waals surface area contributed by atoms with E-state index in [1.54, 1.807) is 43.4 Å². The van der Waals surface area contributed by atoms with Crippen molar-refractivity contribution in [1.82, 2.24) is 14.5 Å². The number of anilines is 3. The van der Waals surface area contributed by atoms with Crippen molar-refractivity contribution in [2.75, 3.05) is 10.6 Å². The van der Waals surface area contributed by atoms with Crippen LogP contribution in [0.1, 0.15) is 22.0 Å². The van der Waals surface area contributed by atoms with Crippen LogP contribution < -0.4 is 16.2 Å². The first-order chi connectivity index (χ1) is 18.5. The minimum Gasteiger partial charge on any atom is -0.427 e. The van der Waals surface area contributed by atoms with Crippen LogP contribution >= 0.6 is 0 Å². The standard InChI is InChI=1S/C27H19F4N5O3/c1-14-3-8-18(12-21(14)33-17-9-10-20-19(11-17)25(38)36(2)13-32-20)34-24(37)23-22(15-4-6-16(28)7-5-15)35-26(39-23)27(29,30)31/h3-13,33H,1-2H3,(H,34,37). The molecule has 2 heterocycles. The van der Waals surface area contributed by atoms with Crippen molar-refractivity contribution in [3.63, 3.8) is 0 Å². The molecule has 12 heteroatoms. The molecular weight excluding hydrogens is 518 g/mol. The average molecular weight is 537 g/mol. The van der Waals surface area contributed by atoms with E-state index in [-0.39, 0.29) is 22.5 Å². The van der Waals surface area contributed by atoms with E-state index in [4.69, 9.17) is 4.42 Å². The Morgan fingerprint density at radius 1 is 1.00 bits per heavy atom. The number of rotatable bonds is 5. The van der Waals surface area contributed by atoms with E-state index in [0.29, 0.717) is 22.3 Å². The van der Waals surface area contributed by atoms with Gasteiger partial charge in [0, 0.05) is 29.7 Å². The molecular formula is C27H19F4N5O3. The number of amides is 1. The second-order valence-electron chi connectivity index (χ2n) is 8.70. The minimum atomic E-state index is -4.94. The van der Waals surface area contributed by atoms with Crippen LogP contribution in [0.3, 0.4) is 0 Å². The van der Waals surface area contributed by atoms with Gasteiger partial charge in [0.25, 0.3) is 11.5 Å². The van der Waals surface area contributed by atoms with Crippen LogP contribution in [0.4, 0.5) is 34.6 Å². The summed E-state index contributed by atoms with van der Waals surface area (Å²) in [4.78, 5) is 33.2. The number of alkyl halides is 3. The summed E-state index contributed by atoms with van der Waals surface area (Å²) >= 11 is 0. The second-order valence-corrected chi connectivity index (χ2v) is 8.70. The van der Waals surface area contributed by atoms with Crippen molar-refractivity contribution in [2.45, 2.75) is 13.1 Å². The van der Waals surface area contributed by atoms with Crippen molar-refractivity contribution in [3.05, 3.63) is 100 Å². The fraction of sp³-hybridized carbons (Fsp3) is 0.111. The SMILES string of the molecule is Cc1ccc(NC(=O)c2oc(C(F)(F)F)nc2-c2ccc(F)cc2)cc1Nc1ccc2ncn(C)c(=O)c2c1. The van der Waals surface area contributed by atoms with Crippen LogP contribution in [0, 0.1) is 12.7 Å². The van der Waals surface area contributed by atoms with E-state index in [1.807, 2.05) is 6.92 Å². The maximum Gasteiger partial charge on any atom is 0.468 e. The highest BCUT2D eigenvalue weighted by Crippen LogP contribution is 2.34. The molecule has 0 aliphatic rings. The lowest BCUT2D eigenvalue weighted by Crippen LogP contribution is -2.16. The molecule has 0 saturated carbocycles. The first-order valence-electron chi connectivity index (χ1n) is 11.5. The molecule has 2 aromatic heterocycles. The molecule has 8 nitrogen and oxygen atoms in total. The zero-order chi connectivity index (χ0) is 27.9. The molecule has 0 saturated heterocycles. The lowest BCUT2D eigenvalue weighted by molar-refractivity contribution is -0.157. The molecule has 0 aliphatic carbocycles. The Balaban J connectivity index is 1.45. The predicted octanol–water partition coefficient (Wildman–Crippen LogP) is 6.05. The van der Waals surface area contributed by atoms with Gasteiger partial charge in [0.05, 0.1) is 17.2 Å². The molecule has 0 unspecified atom stereocenters. The first kappa shape index (κ1) is 25.6. The number of fused-ring (bicyclic) bond motifs is 1. The number of nitrogens with one attached hydrogen (secondary N) is 2. The van der Waals surface area contributed by atoms with Gasteiger partial charge in [-0.3, -0.25) is 9.59 Å². The summed E-state index contributed by atoms with van der Waals surface area (Å²) in [6.07, 6.45) is -3.51. The molecule has 198 valence electrons. The Labute approximate surface area is 217 Å². The summed E-state index contributed by atoms with van der Waals surface area (Å²) in [6.45, 7) is 1.81. The smallest absolute Gasteiger partial charge is 0.427 e. The van der Waals surface area contributed by atoms with Gasteiger partial charge in [0.1, 0.15) is 11.5 Å². The van der Waals surface area contributed by atoms with E-state index >= 15 is 0 Å². The van der Waals surface area contributed by atoms with Gasteiger partial charge in [-0.05, 0) is 67.1 Å². The normalized spacial score (nSPS) is 11.5. The van der Waals surface area contributed by atoms with Gasteiger partial charge in [-0.1, -0.05) is 6.07 Å². The Hall–Kier alpha value is -5.00. The molecule has 3 aromatic carbocycles. The van der Waals surface area contributed by atoms with E-state index in [9.17, 15) is 27.2 Å². The molecule has 0 atom stereocenters. The van der Waals surface area contributed by atoms with Gasteiger partial charge in [-0.25, -0.2) is 14.4 Å². The Bertz CT molecular complexity index is 1780. The predicted molar refractivity (Wildman–Crippen MR) is 136 cm³/mol. The van der Waals surface area contributed by atoms with Gasteiger partial charge in [0.15, 0.2) is 0 Å². The zero-order valence-electron chi connectivity index (χ0n) is 20.4. The van der Waals surface area contributed by atoms with E-state index in [1.165, 1.54) is 23.0 Å². The summed E-state index contributed by atoms with van der Waals surface area (Å²) < 4.78 is 59.5. The van der Waals surface area contributed by atoms with Crippen LogP contribution in [0.25, 0.3) is 22.2 Å². The average Bonchev–Trinajstić information content (AvgIpc) is 3.35. The number of hydrogen-bond donors (Lipinski definition) is 2. The third-order valence-electron chi connectivity index (χ3n) is 5.89. The Kier molecular flexibility index (Phi) is 6.38. The molecule has 5 rings (SSSR count). The van der Waals surface area contributed by atoms with Crippen LogP contribution in [0.5, 0.6) is 0 Å². The Morgan fingerprint density at radius 3 is 2.44 bits per heavy atom. The summed E-state index contributed by atoms with van der Waals surface area (Å²) in [5.74, 6) is -3.86. The quantitative estimate of drug-likeness (QED) is 0.265. The maximum atomic E-state index is 13.4. The monoisotopic (exact) mass is 537 g/mol. The molecule has 0 bridgehead atoms. The number of carbonyl (C=O) groups excluding carboxylic acids is 1. The number of carbonyl (C=O) groups is 1. The fourth-order valence-electron chi connectivity index (χ4n) is 3.87. The fourth-order valence-corrected chi connectivity index (χ4v) is 3.87. The zero-order valence-corrected chi connectivity index (χ0v) is 20.4. The summed E-state index contributed by atoms with van der Waals surface area (Å²) in [6, 6.07) is 14.4. The van der Waals surface area contributed by atoms with Crippen LogP contribution in [-0.4, -0.2) is 20.4 Å². The highest BCUT2D eigenvalue weighted by molar-refractivity contribution is 6.06. The molecule has 0 spiro atoms. The van der Waals surface area contributed by atoms with Crippen molar-refractivity contribution >= 4 is 33.9 Å². The van der Waals surface area contributed by atoms with E-state index in [2.05, 4.69) is 20.6 Å². The van der Waals surface area contributed by atoms with Crippen LogP contribution in [0.15, 0.2) is 76.2 Å². The van der Waals surface area contributed by atoms with Crippen molar-refractivity contribution < 1.29 is 26.8 Å². The molecule has 5 aromatic rings. The number of aromatic nitrogens is 3. The number of oxazole rings is 1. The maximum absolute atomic E-state index is 13.4. The van der Waals surface area contributed by atoms with Gasteiger partial charge < -0.3 is 19.6 Å². The van der Waals surface area contributed by atoms with E-state index < -0.39 is 29.6 Å². The third kappa shape index (κ3) is 5.21. The molecule has 2 N–H and O–H groups in total. The lowest BCUT2D eigenvalue weighted by Gasteiger charge is -2.13. The van der Waals surface area contributed by atoms with Gasteiger partial charge in [-0.2, -0.15) is 13.2 Å².